The number of aliphatic hydroxyl groups is 1. The molecule has 1 rings (SSSR count). The van der Waals surface area contributed by atoms with Crippen LogP contribution in [0.15, 0.2) is 60.8 Å². The second-order valence-electron chi connectivity index (χ2n) is 9.92. The van der Waals surface area contributed by atoms with Crippen LogP contribution in [-0.4, -0.2) is 26.4 Å². The number of hydrogen-bond acceptors (Lipinski definition) is 2. The van der Waals surface area contributed by atoms with Crippen molar-refractivity contribution >= 4 is 0 Å². The maximum atomic E-state index is 7.00. The number of hydrogen-bond donors (Lipinski definition) is 1. The van der Waals surface area contributed by atoms with E-state index < -0.39 is 0 Å². The van der Waals surface area contributed by atoms with Crippen LogP contribution >= 0.6 is 0 Å². The largest absolute Gasteiger partial charge is 0.400 e. The van der Waals surface area contributed by atoms with Gasteiger partial charge in [0.1, 0.15) is 0 Å². The van der Waals surface area contributed by atoms with Gasteiger partial charge in [-0.1, -0.05) is 121 Å². The Balaban J connectivity index is -0.00000119. The fourth-order valence-corrected chi connectivity index (χ4v) is 4.56. The minimum atomic E-state index is 0.661. The molecule has 3 atom stereocenters. The molecule has 0 aromatic heterocycles. The Bertz CT molecular complexity index is 665. The molecule has 0 radical (unpaired) electrons. The van der Waals surface area contributed by atoms with Gasteiger partial charge in [-0.2, -0.15) is 0 Å². The molecule has 0 bridgehead atoms. The molecule has 220 valence electrons. The van der Waals surface area contributed by atoms with Gasteiger partial charge in [-0.15, -0.1) is 5.92 Å². The van der Waals surface area contributed by atoms with Gasteiger partial charge in [0.15, 0.2) is 0 Å². The molecular weight excluding hydrogens is 464 g/mol. The maximum Gasteiger partial charge on any atom is 0.0351 e. The predicted octanol–water partition coefficient (Wildman–Crippen LogP) is 10.7. The summed E-state index contributed by atoms with van der Waals surface area (Å²) in [6.45, 7) is 18.0. The summed E-state index contributed by atoms with van der Waals surface area (Å²) >= 11 is 0. The summed E-state index contributed by atoms with van der Waals surface area (Å²) in [5.74, 6) is 9.66. The normalized spacial score (nSPS) is 18.9. The van der Waals surface area contributed by atoms with Crippen molar-refractivity contribution < 1.29 is 9.84 Å². The van der Waals surface area contributed by atoms with Crippen LogP contribution in [0.25, 0.3) is 0 Å². The first-order valence-electron chi connectivity index (χ1n) is 15.0. The molecule has 1 aliphatic carbocycles. The molecular formula is C36H64O2. The van der Waals surface area contributed by atoms with E-state index in [0.717, 1.165) is 38.2 Å². The summed E-state index contributed by atoms with van der Waals surface area (Å²) in [7, 11) is 4.25. The van der Waals surface area contributed by atoms with E-state index in [4.69, 9.17) is 5.11 Å². The fourth-order valence-electron chi connectivity index (χ4n) is 4.56. The second kappa shape index (κ2) is 33.2. The van der Waals surface area contributed by atoms with Crippen molar-refractivity contribution in [2.45, 2.75) is 118 Å². The van der Waals surface area contributed by atoms with Crippen LogP contribution in [0.3, 0.4) is 0 Å². The first-order chi connectivity index (χ1) is 18.5. The summed E-state index contributed by atoms with van der Waals surface area (Å²) in [4.78, 5) is 0. The van der Waals surface area contributed by atoms with Crippen LogP contribution in [-0.2, 0) is 4.74 Å². The smallest absolute Gasteiger partial charge is 0.0351 e. The van der Waals surface area contributed by atoms with E-state index in [9.17, 15) is 0 Å². The van der Waals surface area contributed by atoms with Gasteiger partial charge in [0.05, 0.1) is 0 Å². The van der Waals surface area contributed by atoms with Crippen LogP contribution < -0.4 is 0 Å². The van der Waals surface area contributed by atoms with Gasteiger partial charge in [-0.3, -0.25) is 0 Å². The molecule has 1 aliphatic rings. The van der Waals surface area contributed by atoms with Crippen molar-refractivity contribution in [3.05, 3.63) is 60.8 Å². The third kappa shape index (κ3) is 24.5. The lowest BCUT2D eigenvalue weighted by molar-refractivity contribution is 0.189. The van der Waals surface area contributed by atoms with Crippen molar-refractivity contribution in [2.75, 3.05) is 21.3 Å². The summed E-state index contributed by atoms with van der Waals surface area (Å²) in [5, 5.41) is 7.00. The van der Waals surface area contributed by atoms with Crippen LogP contribution in [0.2, 0.25) is 0 Å². The Kier molecular flexibility index (Phi) is 35.5. The summed E-state index contributed by atoms with van der Waals surface area (Å²) in [6, 6.07) is 0. The Morgan fingerprint density at radius 1 is 1.00 bits per heavy atom. The zero-order valence-electron chi connectivity index (χ0n) is 26.7. The van der Waals surface area contributed by atoms with E-state index in [0.29, 0.717) is 5.92 Å². The monoisotopic (exact) mass is 528 g/mol. The zero-order chi connectivity index (χ0) is 29.4. The highest BCUT2D eigenvalue weighted by Crippen LogP contribution is 2.37. The molecule has 38 heavy (non-hydrogen) atoms. The van der Waals surface area contributed by atoms with Crippen molar-refractivity contribution in [3.63, 3.8) is 0 Å². The maximum absolute atomic E-state index is 7.00. The average Bonchev–Trinajstić information content (AvgIpc) is 2.94. The van der Waals surface area contributed by atoms with Crippen LogP contribution in [0.4, 0.5) is 0 Å². The van der Waals surface area contributed by atoms with Gasteiger partial charge in [-0.25, -0.2) is 0 Å². The summed E-state index contributed by atoms with van der Waals surface area (Å²) < 4.78 is 4.25. The van der Waals surface area contributed by atoms with Crippen molar-refractivity contribution in [3.8, 4) is 11.8 Å². The number of methoxy groups -OCH3 is 1. The highest BCUT2D eigenvalue weighted by molar-refractivity contribution is 5.37. The molecule has 0 amide bonds. The van der Waals surface area contributed by atoms with E-state index in [-0.39, 0.29) is 0 Å². The molecule has 1 saturated carbocycles. The van der Waals surface area contributed by atoms with Gasteiger partial charge < -0.3 is 9.84 Å². The average molecular weight is 529 g/mol. The molecule has 0 spiro atoms. The van der Waals surface area contributed by atoms with E-state index in [1.165, 1.54) is 75.4 Å². The third-order valence-corrected chi connectivity index (χ3v) is 6.81. The molecule has 0 aliphatic heterocycles. The SMILES string of the molecule is C/C=C(C)/C(/C=C\CC)=C/CCCC#CC1CCCC(C)[C@@H]1CCCCCCC.C=CC=C.CO.COC. The van der Waals surface area contributed by atoms with E-state index in [2.05, 4.69) is 88.7 Å². The number of allylic oxidation sites excluding steroid dienone is 8. The lowest BCUT2D eigenvalue weighted by Crippen LogP contribution is -2.25. The van der Waals surface area contributed by atoms with Crippen LogP contribution in [0.5, 0.6) is 0 Å². The predicted molar refractivity (Wildman–Crippen MR) is 173 cm³/mol. The Morgan fingerprint density at radius 2 is 1.63 bits per heavy atom. The Morgan fingerprint density at radius 3 is 2.18 bits per heavy atom. The van der Waals surface area contributed by atoms with E-state index in [1.54, 1.807) is 26.4 Å². The summed E-state index contributed by atoms with van der Waals surface area (Å²) in [6.07, 6.45) is 29.4. The molecule has 2 nitrogen and oxygen atoms in total. The van der Waals surface area contributed by atoms with Crippen LogP contribution in [0.1, 0.15) is 118 Å². The number of unbranched alkanes of at least 4 members (excludes halogenated alkanes) is 6. The topological polar surface area (TPSA) is 29.5 Å². The van der Waals surface area contributed by atoms with Crippen molar-refractivity contribution in [2.24, 2.45) is 17.8 Å². The Hall–Kier alpha value is -1.82. The van der Waals surface area contributed by atoms with Gasteiger partial charge >= 0.3 is 0 Å². The minimum absolute atomic E-state index is 0.661. The van der Waals surface area contributed by atoms with Gasteiger partial charge in [0.25, 0.3) is 0 Å². The van der Waals surface area contributed by atoms with Crippen molar-refractivity contribution in [1.82, 2.24) is 0 Å². The molecule has 0 heterocycles. The fraction of sp³-hybridized carbons (Fsp3) is 0.667. The first-order valence-corrected chi connectivity index (χ1v) is 15.0. The molecule has 2 heteroatoms. The number of ether oxygens (including phenoxy) is 1. The molecule has 0 saturated heterocycles. The lowest BCUT2D eigenvalue weighted by atomic mass is 9.71. The van der Waals surface area contributed by atoms with Gasteiger partial charge in [0.2, 0.25) is 0 Å². The molecule has 0 aromatic carbocycles. The minimum Gasteiger partial charge on any atom is -0.400 e. The van der Waals surface area contributed by atoms with E-state index in [1.807, 2.05) is 0 Å². The number of aliphatic hydroxyl groups excluding tert-OH is 1. The third-order valence-electron chi connectivity index (χ3n) is 6.81. The Labute approximate surface area is 239 Å². The molecule has 1 fully saturated rings. The molecule has 1 N–H and O–H groups in total. The molecule has 2 unspecified atom stereocenters. The van der Waals surface area contributed by atoms with E-state index >= 15 is 0 Å². The van der Waals surface area contributed by atoms with Crippen molar-refractivity contribution in [1.29, 1.82) is 0 Å². The quantitative estimate of drug-likeness (QED) is 0.146. The highest BCUT2D eigenvalue weighted by Gasteiger charge is 2.28. The zero-order valence-corrected chi connectivity index (χ0v) is 26.7. The number of rotatable bonds is 13. The first kappa shape index (κ1) is 40.7. The van der Waals surface area contributed by atoms with Gasteiger partial charge in [-0.05, 0) is 68.9 Å². The second-order valence-corrected chi connectivity index (χ2v) is 9.92. The van der Waals surface area contributed by atoms with Gasteiger partial charge in [0, 0.05) is 33.7 Å². The van der Waals surface area contributed by atoms with Crippen LogP contribution in [0, 0.1) is 29.6 Å². The standard InChI is InChI=1S/C29H48.C4H6.C2H6O.CH4O/c1-6-9-11-12-17-24-29-26(5)19-18-23-28(29)22-16-14-13-15-21-27(20-10-7-2)25(4)8-3;1-3-4-2;1-3-2;1-2/h8,10,20-21,26,28-29H,6-7,9,11-15,17-19,23-24H2,1-5H3;3-4H,1-2H2;1-2H3;2H,1H3/b20-10-,25-8+,27-21+;;;/t26?,28?,29-;;;/m0.../s1. The molecule has 0 aromatic rings. The highest BCUT2D eigenvalue weighted by atomic mass is 16.4. The summed E-state index contributed by atoms with van der Waals surface area (Å²) in [5.41, 5.74) is 2.75. The lowest BCUT2D eigenvalue weighted by Gasteiger charge is -2.34.